The third-order valence-electron chi connectivity index (χ3n) is 4.91. The Kier molecular flexibility index (Phi) is 2.65. The number of aromatic nitrogens is 4. The summed E-state index contributed by atoms with van der Waals surface area (Å²) in [6.45, 7) is 2.19. The molecule has 5 rings (SSSR count). The van der Waals surface area contributed by atoms with Gasteiger partial charge < -0.3 is 0 Å². The zero-order valence-electron chi connectivity index (χ0n) is 13.7. The fraction of sp³-hybridized carbons (Fsp3) is 0.150. The first-order chi connectivity index (χ1) is 11.7. The zero-order chi connectivity index (χ0) is 16.3. The largest absolute Gasteiger partial charge is 0.296 e. The lowest BCUT2D eigenvalue weighted by molar-refractivity contribution is -0.660. The molecule has 0 aliphatic carbocycles. The number of rotatable bonds is 1. The summed E-state index contributed by atoms with van der Waals surface area (Å²) in [4.78, 5) is 8.98. The van der Waals surface area contributed by atoms with Gasteiger partial charge >= 0.3 is 0 Å². The van der Waals surface area contributed by atoms with Gasteiger partial charge in [-0.25, -0.2) is 9.55 Å². The molecule has 0 fully saturated rings. The summed E-state index contributed by atoms with van der Waals surface area (Å²) < 4.78 is 4.46. The summed E-state index contributed by atoms with van der Waals surface area (Å²) in [5, 5.41) is 0. The van der Waals surface area contributed by atoms with Gasteiger partial charge in [0.15, 0.2) is 6.20 Å². The maximum absolute atomic E-state index is 4.79. The molecule has 4 heteroatoms. The van der Waals surface area contributed by atoms with Crippen LogP contribution in [0.5, 0.6) is 0 Å². The summed E-state index contributed by atoms with van der Waals surface area (Å²) in [6.07, 6.45) is 6.63. The number of benzene rings is 1. The van der Waals surface area contributed by atoms with Gasteiger partial charge in [0.25, 0.3) is 0 Å². The molecule has 0 amide bonds. The van der Waals surface area contributed by atoms with E-state index in [2.05, 4.69) is 64.6 Å². The molecule has 0 spiro atoms. The van der Waals surface area contributed by atoms with Crippen LogP contribution in [0.25, 0.3) is 28.0 Å². The number of nitrogens with zero attached hydrogens (tertiary/aromatic N) is 4. The van der Waals surface area contributed by atoms with E-state index in [1.807, 2.05) is 18.5 Å². The third kappa shape index (κ3) is 1.71. The minimum Gasteiger partial charge on any atom is -0.296 e. The van der Waals surface area contributed by atoms with Crippen LogP contribution in [0.2, 0.25) is 0 Å². The van der Waals surface area contributed by atoms with Crippen molar-refractivity contribution >= 4 is 11.0 Å². The van der Waals surface area contributed by atoms with Crippen molar-refractivity contribution in [2.75, 3.05) is 0 Å². The Hall–Kier alpha value is -3.01. The lowest BCUT2D eigenvalue weighted by Gasteiger charge is -2.11. The van der Waals surface area contributed by atoms with Crippen LogP contribution in [-0.4, -0.2) is 14.5 Å². The number of hydrogen-bond donors (Lipinski definition) is 0. The van der Waals surface area contributed by atoms with Crippen molar-refractivity contribution < 1.29 is 4.57 Å². The zero-order valence-corrected chi connectivity index (χ0v) is 13.7. The van der Waals surface area contributed by atoms with Crippen LogP contribution in [0.15, 0.2) is 55.0 Å². The molecule has 0 atom stereocenters. The van der Waals surface area contributed by atoms with Crippen LogP contribution in [0.1, 0.15) is 17.0 Å². The second-order valence-electron chi connectivity index (χ2n) is 6.36. The lowest BCUT2D eigenvalue weighted by Crippen LogP contribution is -2.30. The minimum atomic E-state index is 0.857. The summed E-state index contributed by atoms with van der Waals surface area (Å²) in [5.74, 6) is 1.10. The highest BCUT2D eigenvalue weighted by Crippen LogP contribution is 2.38. The molecule has 0 saturated heterocycles. The van der Waals surface area contributed by atoms with E-state index in [4.69, 9.17) is 4.98 Å². The van der Waals surface area contributed by atoms with Gasteiger partial charge in [-0.1, -0.05) is 6.07 Å². The molecule has 1 aromatic carbocycles. The molecule has 4 heterocycles. The molecular formula is C20H17N4+. The fourth-order valence-electron chi connectivity index (χ4n) is 3.81. The lowest BCUT2D eigenvalue weighted by atomic mass is 9.96. The van der Waals surface area contributed by atoms with E-state index in [1.165, 1.54) is 28.1 Å². The molecule has 1 aliphatic rings. The highest BCUT2D eigenvalue weighted by molar-refractivity contribution is 5.82. The van der Waals surface area contributed by atoms with E-state index in [1.54, 1.807) is 0 Å². The van der Waals surface area contributed by atoms with E-state index >= 15 is 0 Å². The molecule has 0 unspecified atom stereocenters. The predicted octanol–water partition coefficient (Wildman–Crippen LogP) is 3.12. The molecule has 4 nitrogen and oxygen atoms in total. The average molecular weight is 313 g/mol. The summed E-state index contributed by atoms with van der Waals surface area (Å²) >= 11 is 0. The molecular weight excluding hydrogens is 296 g/mol. The van der Waals surface area contributed by atoms with Crippen molar-refractivity contribution in [3.63, 3.8) is 0 Å². The number of imidazole rings is 1. The Bertz CT molecular complexity index is 1110. The Labute approximate surface area is 140 Å². The van der Waals surface area contributed by atoms with Crippen LogP contribution in [0, 0.1) is 6.92 Å². The second-order valence-corrected chi connectivity index (χ2v) is 6.36. The molecule has 0 N–H and O–H groups in total. The first-order valence-electron chi connectivity index (χ1n) is 8.13. The van der Waals surface area contributed by atoms with Crippen molar-refractivity contribution in [1.82, 2.24) is 14.5 Å². The van der Waals surface area contributed by atoms with Crippen molar-refractivity contribution in [2.45, 2.75) is 13.3 Å². The molecule has 0 saturated carbocycles. The average Bonchev–Trinajstić information content (AvgIpc) is 3.11. The topological polar surface area (TPSA) is 34.6 Å². The van der Waals surface area contributed by atoms with E-state index in [0.29, 0.717) is 0 Å². The third-order valence-corrected chi connectivity index (χ3v) is 4.91. The van der Waals surface area contributed by atoms with Gasteiger partial charge in [-0.3, -0.25) is 9.55 Å². The SMILES string of the molecule is Cc1ccc2c(c1-c1cccc[n+]1C)Cc1nc3cnccc3n1-2. The minimum absolute atomic E-state index is 0.857. The van der Waals surface area contributed by atoms with Gasteiger partial charge in [0, 0.05) is 24.8 Å². The monoisotopic (exact) mass is 313 g/mol. The van der Waals surface area contributed by atoms with Crippen molar-refractivity contribution in [3.8, 4) is 16.9 Å². The van der Waals surface area contributed by atoms with Gasteiger partial charge in [0.05, 0.1) is 23.0 Å². The quantitative estimate of drug-likeness (QED) is 0.446. The molecule has 3 aromatic heterocycles. The predicted molar refractivity (Wildman–Crippen MR) is 93.0 cm³/mol. The number of pyridine rings is 2. The Balaban J connectivity index is 1.83. The van der Waals surface area contributed by atoms with Gasteiger partial charge in [0.1, 0.15) is 18.4 Å². The maximum Gasteiger partial charge on any atom is 0.212 e. The van der Waals surface area contributed by atoms with Crippen LogP contribution < -0.4 is 4.57 Å². The van der Waals surface area contributed by atoms with Gasteiger partial charge in [-0.2, -0.15) is 0 Å². The van der Waals surface area contributed by atoms with Crippen molar-refractivity contribution in [3.05, 3.63) is 71.9 Å². The second kappa shape index (κ2) is 4.74. The van der Waals surface area contributed by atoms with E-state index in [9.17, 15) is 0 Å². The first kappa shape index (κ1) is 13.4. The number of aryl methyl sites for hydroxylation is 2. The molecule has 0 radical (unpaired) electrons. The van der Waals surface area contributed by atoms with Crippen molar-refractivity contribution in [2.24, 2.45) is 7.05 Å². The molecule has 116 valence electrons. The Morgan fingerprint density at radius 2 is 2.04 bits per heavy atom. The number of hydrogen-bond acceptors (Lipinski definition) is 2. The first-order valence-corrected chi connectivity index (χ1v) is 8.13. The van der Waals surface area contributed by atoms with Gasteiger partial charge in [-0.05, 0) is 36.2 Å². The van der Waals surface area contributed by atoms with Gasteiger partial charge in [0.2, 0.25) is 5.69 Å². The normalized spacial score (nSPS) is 12.4. The summed E-state index contributed by atoms with van der Waals surface area (Å²) in [5.41, 5.74) is 8.55. The van der Waals surface area contributed by atoms with E-state index in [-0.39, 0.29) is 0 Å². The molecule has 1 aliphatic heterocycles. The Morgan fingerprint density at radius 1 is 1.12 bits per heavy atom. The smallest absolute Gasteiger partial charge is 0.212 e. The standard InChI is InChI=1S/C20H17N4/c1-13-6-7-16-14(20(13)18-5-3-4-10-23(18)2)11-19-22-15-12-21-9-8-17(15)24(16)19/h3-10,12H,11H2,1-2H3/q+1. The summed E-state index contributed by atoms with van der Waals surface area (Å²) in [6, 6.07) is 12.8. The fourth-order valence-corrected chi connectivity index (χ4v) is 3.81. The van der Waals surface area contributed by atoms with Gasteiger partial charge in [-0.15, -0.1) is 0 Å². The van der Waals surface area contributed by atoms with E-state index in [0.717, 1.165) is 23.3 Å². The molecule has 0 bridgehead atoms. The Morgan fingerprint density at radius 3 is 2.92 bits per heavy atom. The van der Waals surface area contributed by atoms with E-state index < -0.39 is 0 Å². The van der Waals surface area contributed by atoms with Crippen LogP contribution in [-0.2, 0) is 13.5 Å². The van der Waals surface area contributed by atoms with Crippen LogP contribution >= 0.6 is 0 Å². The van der Waals surface area contributed by atoms with Crippen LogP contribution in [0.4, 0.5) is 0 Å². The molecule has 24 heavy (non-hydrogen) atoms. The highest BCUT2D eigenvalue weighted by Gasteiger charge is 2.28. The number of fused-ring (bicyclic) bond motifs is 5. The highest BCUT2D eigenvalue weighted by atomic mass is 15.1. The molecule has 4 aromatic rings. The maximum atomic E-state index is 4.79. The van der Waals surface area contributed by atoms with Crippen LogP contribution in [0.3, 0.4) is 0 Å². The van der Waals surface area contributed by atoms with Crippen molar-refractivity contribution in [1.29, 1.82) is 0 Å². The summed E-state index contributed by atoms with van der Waals surface area (Å²) in [7, 11) is 2.10.